The molecule has 1 rings (SSSR count). The summed E-state index contributed by atoms with van der Waals surface area (Å²) in [5.41, 5.74) is -1.25. The summed E-state index contributed by atoms with van der Waals surface area (Å²) in [6, 6.07) is 0. The van der Waals surface area contributed by atoms with Crippen LogP contribution < -0.4 is 4.72 Å². The van der Waals surface area contributed by atoms with E-state index >= 15 is 0 Å². The van der Waals surface area contributed by atoms with Crippen molar-refractivity contribution in [2.45, 2.75) is 38.1 Å². The van der Waals surface area contributed by atoms with Gasteiger partial charge in [0.25, 0.3) is 10.2 Å². The van der Waals surface area contributed by atoms with Crippen molar-refractivity contribution in [3.8, 4) is 0 Å². The van der Waals surface area contributed by atoms with Crippen LogP contribution in [0.5, 0.6) is 0 Å². The average Bonchev–Trinajstić information content (AvgIpc) is 2.64. The molecule has 0 aliphatic carbocycles. The maximum Gasteiger partial charge on any atom is 0.325 e. The lowest BCUT2D eigenvalue weighted by molar-refractivity contribution is -0.147. The minimum atomic E-state index is -3.67. The molecule has 0 spiro atoms. The van der Waals surface area contributed by atoms with Crippen molar-refractivity contribution in [3.63, 3.8) is 0 Å². The molecule has 0 bridgehead atoms. The Morgan fingerprint density at radius 1 is 1.56 bits per heavy atom. The van der Waals surface area contributed by atoms with Crippen molar-refractivity contribution in [2.24, 2.45) is 0 Å². The molecule has 0 aromatic rings. The highest BCUT2D eigenvalue weighted by Gasteiger charge is 2.51. The standard InChI is InChI=1S/C9H18N2O4S/c1-3-5-9(8(12)13)6-4-7-11(9)16(14,15)10-2/h10H,3-7H2,1-2H3,(H,12,13). The molecule has 6 nitrogen and oxygen atoms in total. The second-order valence-electron chi connectivity index (χ2n) is 3.97. The topological polar surface area (TPSA) is 86.7 Å². The number of carbonyl (C=O) groups is 1. The minimum Gasteiger partial charge on any atom is -0.480 e. The number of carboxylic acid groups (broad SMARTS) is 1. The van der Waals surface area contributed by atoms with Gasteiger partial charge in [-0.3, -0.25) is 4.79 Å². The normalized spacial score (nSPS) is 27.1. The number of nitrogens with one attached hydrogen (secondary N) is 1. The molecule has 0 radical (unpaired) electrons. The van der Waals surface area contributed by atoms with Crippen LogP contribution in [0.1, 0.15) is 32.6 Å². The predicted molar refractivity (Wildman–Crippen MR) is 59.2 cm³/mol. The molecule has 1 heterocycles. The van der Waals surface area contributed by atoms with Crippen molar-refractivity contribution in [2.75, 3.05) is 13.6 Å². The molecule has 0 amide bonds. The van der Waals surface area contributed by atoms with Crippen LogP contribution in [-0.2, 0) is 15.0 Å². The number of hydrogen-bond donors (Lipinski definition) is 2. The van der Waals surface area contributed by atoms with E-state index in [1.807, 2.05) is 6.92 Å². The van der Waals surface area contributed by atoms with Crippen LogP contribution in [0.15, 0.2) is 0 Å². The van der Waals surface area contributed by atoms with Crippen LogP contribution >= 0.6 is 0 Å². The molecular weight excluding hydrogens is 232 g/mol. The first kappa shape index (κ1) is 13.4. The number of hydrogen-bond acceptors (Lipinski definition) is 3. The lowest BCUT2D eigenvalue weighted by Crippen LogP contribution is -2.55. The summed E-state index contributed by atoms with van der Waals surface area (Å²) in [5, 5.41) is 9.29. The van der Waals surface area contributed by atoms with E-state index in [1.54, 1.807) is 0 Å². The van der Waals surface area contributed by atoms with Crippen molar-refractivity contribution in [1.29, 1.82) is 0 Å². The van der Waals surface area contributed by atoms with Gasteiger partial charge in [-0.1, -0.05) is 13.3 Å². The summed E-state index contributed by atoms with van der Waals surface area (Å²) in [6.45, 7) is 2.13. The van der Waals surface area contributed by atoms with Gasteiger partial charge in [0.2, 0.25) is 0 Å². The molecule has 0 aromatic heterocycles. The first-order valence-corrected chi connectivity index (χ1v) is 6.79. The Bertz CT molecular complexity index is 368. The number of rotatable bonds is 5. The Balaban J connectivity index is 3.13. The van der Waals surface area contributed by atoms with Gasteiger partial charge in [0.05, 0.1) is 0 Å². The average molecular weight is 250 g/mol. The van der Waals surface area contributed by atoms with Crippen molar-refractivity contribution >= 4 is 16.2 Å². The van der Waals surface area contributed by atoms with E-state index in [1.165, 1.54) is 7.05 Å². The Hall–Kier alpha value is -0.660. The molecular formula is C9H18N2O4S. The van der Waals surface area contributed by atoms with Crippen molar-refractivity contribution in [1.82, 2.24) is 9.03 Å². The molecule has 0 aromatic carbocycles. The molecule has 1 aliphatic rings. The monoisotopic (exact) mass is 250 g/mol. The number of nitrogens with zero attached hydrogens (tertiary/aromatic N) is 1. The van der Waals surface area contributed by atoms with Crippen LogP contribution in [-0.4, -0.2) is 42.9 Å². The van der Waals surface area contributed by atoms with E-state index in [4.69, 9.17) is 0 Å². The van der Waals surface area contributed by atoms with Crippen LogP contribution in [0.3, 0.4) is 0 Å². The van der Waals surface area contributed by atoms with Crippen LogP contribution in [0.25, 0.3) is 0 Å². The molecule has 2 N–H and O–H groups in total. The fraction of sp³-hybridized carbons (Fsp3) is 0.889. The Morgan fingerprint density at radius 3 is 2.62 bits per heavy atom. The fourth-order valence-electron chi connectivity index (χ4n) is 2.30. The number of carboxylic acids is 1. The molecule has 1 aliphatic heterocycles. The summed E-state index contributed by atoms with van der Waals surface area (Å²) in [5.74, 6) is -1.05. The molecule has 1 fully saturated rings. The first-order valence-electron chi connectivity index (χ1n) is 5.35. The van der Waals surface area contributed by atoms with Gasteiger partial charge in [0.1, 0.15) is 5.54 Å². The quantitative estimate of drug-likeness (QED) is 0.728. The predicted octanol–water partition coefficient (Wildman–Crippen LogP) is 0.170. The van der Waals surface area contributed by atoms with E-state index in [0.717, 1.165) is 4.31 Å². The van der Waals surface area contributed by atoms with Crippen LogP contribution in [0.2, 0.25) is 0 Å². The van der Waals surface area contributed by atoms with E-state index in [0.29, 0.717) is 25.7 Å². The van der Waals surface area contributed by atoms with Crippen LogP contribution in [0, 0.1) is 0 Å². The van der Waals surface area contributed by atoms with Gasteiger partial charge >= 0.3 is 5.97 Å². The van der Waals surface area contributed by atoms with E-state index in [-0.39, 0.29) is 6.54 Å². The lowest BCUT2D eigenvalue weighted by Gasteiger charge is -2.33. The zero-order valence-corrected chi connectivity index (χ0v) is 10.4. The van der Waals surface area contributed by atoms with Crippen molar-refractivity contribution in [3.05, 3.63) is 0 Å². The van der Waals surface area contributed by atoms with Gasteiger partial charge in [-0.05, 0) is 19.3 Å². The van der Waals surface area contributed by atoms with Gasteiger partial charge in [0, 0.05) is 13.6 Å². The van der Waals surface area contributed by atoms with Gasteiger partial charge in [-0.2, -0.15) is 12.7 Å². The van der Waals surface area contributed by atoms with E-state index in [9.17, 15) is 18.3 Å². The second kappa shape index (κ2) is 4.68. The molecule has 1 unspecified atom stereocenters. The third kappa shape index (κ3) is 2.07. The highest BCUT2D eigenvalue weighted by molar-refractivity contribution is 7.87. The fourth-order valence-corrected chi connectivity index (χ4v) is 3.61. The molecule has 1 saturated heterocycles. The highest BCUT2D eigenvalue weighted by atomic mass is 32.2. The minimum absolute atomic E-state index is 0.273. The maximum atomic E-state index is 11.7. The largest absolute Gasteiger partial charge is 0.480 e. The summed E-state index contributed by atoms with van der Waals surface area (Å²) < 4.78 is 26.8. The van der Waals surface area contributed by atoms with E-state index < -0.39 is 21.7 Å². The smallest absolute Gasteiger partial charge is 0.325 e. The molecule has 1 atom stereocenters. The number of aliphatic carboxylic acids is 1. The second-order valence-corrected chi connectivity index (χ2v) is 5.77. The van der Waals surface area contributed by atoms with Gasteiger partial charge in [-0.25, -0.2) is 4.72 Å². The van der Waals surface area contributed by atoms with Crippen molar-refractivity contribution < 1.29 is 18.3 Å². The Kier molecular flexibility index (Phi) is 3.92. The summed E-state index contributed by atoms with van der Waals surface area (Å²) in [6.07, 6.45) is 1.97. The molecule has 94 valence electrons. The maximum absolute atomic E-state index is 11.7. The summed E-state index contributed by atoms with van der Waals surface area (Å²) >= 11 is 0. The third-order valence-corrected chi connectivity index (χ3v) is 4.67. The zero-order chi connectivity index (χ0) is 12.4. The molecule has 7 heteroatoms. The SMILES string of the molecule is CCCC1(C(=O)O)CCCN1S(=O)(=O)NC. The lowest BCUT2D eigenvalue weighted by atomic mass is 9.92. The van der Waals surface area contributed by atoms with Gasteiger partial charge in [-0.15, -0.1) is 0 Å². The zero-order valence-electron chi connectivity index (χ0n) is 9.56. The van der Waals surface area contributed by atoms with Gasteiger partial charge < -0.3 is 5.11 Å². The first-order chi connectivity index (χ1) is 7.40. The summed E-state index contributed by atoms with van der Waals surface area (Å²) in [4.78, 5) is 11.4. The van der Waals surface area contributed by atoms with Crippen LogP contribution in [0.4, 0.5) is 0 Å². The molecule has 16 heavy (non-hydrogen) atoms. The Labute approximate surface area is 95.8 Å². The highest BCUT2D eigenvalue weighted by Crippen LogP contribution is 2.35. The Morgan fingerprint density at radius 2 is 2.19 bits per heavy atom. The van der Waals surface area contributed by atoms with Gasteiger partial charge in [0.15, 0.2) is 0 Å². The third-order valence-electron chi connectivity index (χ3n) is 3.04. The van der Waals surface area contributed by atoms with E-state index in [2.05, 4.69) is 4.72 Å². The summed E-state index contributed by atoms with van der Waals surface area (Å²) in [7, 11) is -2.37. The molecule has 0 saturated carbocycles.